The predicted octanol–water partition coefficient (Wildman–Crippen LogP) is 0.374. The van der Waals surface area contributed by atoms with Gasteiger partial charge in [0.15, 0.2) is 12.3 Å². The van der Waals surface area contributed by atoms with Gasteiger partial charge in [0.25, 0.3) is 0 Å². The van der Waals surface area contributed by atoms with E-state index < -0.39 is 30.1 Å². The molecule has 0 aromatic rings. The van der Waals surface area contributed by atoms with Crippen LogP contribution in [0.3, 0.4) is 0 Å². The molecule has 0 atom stereocenters. The van der Waals surface area contributed by atoms with Gasteiger partial charge in [-0.25, -0.2) is 14.4 Å². The molecule has 0 unspecified atom stereocenters. The minimum absolute atomic E-state index is 0.00938. The molecule has 1 aliphatic heterocycles. The van der Waals surface area contributed by atoms with Crippen LogP contribution in [-0.4, -0.2) is 44.3 Å². The van der Waals surface area contributed by atoms with E-state index in [4.69, 9.17) is 0 Å². The highest BCUT2D eigenvalue weighted by Crippen LogP contribution is 2.33. The standard InChI is InChI=1S/C11H14N2O6/c1-11(2)7(9(15)18-4)8(12-13-11)10(16)19-5-6(14)17-3/h5H2,1-4H3. The summed E-state index contributed by atoms with van der Waals surface area (Å²) in [5.74, 6) is -2.37. The van der Waals surface area contributed by atoms with Crippen molar-refractivity contribution in [3.05, 3.63) is 11.3 Å². The van der Waals surface area contributed by atoms with Crippen molar-refractivity contribution in [3.63, 3.8) is 0 Å². The third kappa shape index (κ3) is 3.15. The summed E-state index contributed by atoms with van der Waals surface area (Å²) >= 11 is 0. The Morgan fingerprint density at radius 1 is 1.11 bits per heavy atom. The predicted molar refractivity (Wildman–Crippen MR) is 61.0 cm³/mol. The first-order chi connectivity index (χ1) is 8.83. The molecule has 0 saturated carbocycles. The van der Waals surface area contributed by atoms with Crippen molar-refractivity contribution in [2.24, 2.45) is 10.2 Å². The summed E-state index contributed by atoms with van der Waals surface area (Å²) in [7, 11) is 2.34. The minimum Gasteiger partial charge on any atom is -0.466 e. The van der Waals surface area contributed by atoms with Crippen LogP contribution in [0.25, 0.3) is 0 Å². The number of methoxy groups -OCH3 is 2. The zero-order valence-corrected chi connectivity index (χ0v) is 11.1. The van der Waals surface area contributed by atoms with Crippen LogP contribution in [0.4, 0.5) is 0 Å². The van der Waals surface area contributed by atoms with Gasteiger partial charge in [0.2, 0.25) is 0 Å². The van der Waals surface area contributed by atoms with E-state index in [9.17, 15) is 14.4 Å². The van der Waals surface area contributed by atoms with Gasteiger partial charge in [0.1, 0.15) is 11.1 Å². The number of rotatable bonds is 4. The SMILES string of the molecule is COC(=O)COC(=O)C1=C(C(=O)OC)C(C)(C)N=N1. The highest BCUT2D eigenvalue weighted by atomic mass is 16.6. The van der Waals surface area contributed by atoms with Crippen LogP contribution in [-0.2, 0) is 28.6 Å². The van der Waals surface area contributed by atoms with Gasteiger partial charge >= 0.3 is 17.9 Å². The summed E-state index contributed by atoms with van der Waals surface area (Å²) in [5.41, 5.74) is -1.25. The summed E-state index contributed by atoms with van der Waals surface area (Å²) < 4.78 is 13.6. The van der Waals surface area contributed by atoms with E-state index in [1.807, 2.05) is 0 Å². The van der Waals surface area contributed by atoms with Crippen molar-refractivity contribution in [1.82, 2.24) is 0 Å². The van der Waals surface area contributed by atoms with E-state index in [0.717, 1.165) is 7.11 Å². The van der Waals surface area contributed by atoms with Crippen LogP contribution in [0.2, 0.25) is 0 Å². The second-order valence-corrected chi connectivity index (χ2v) is 4.13. The molecular weight excluding hydrogens is 256 g/mol. The molecule has 8 heteroatoms. The van der Waals surface area contributed by atoms with Gasteiger partial charge in [-0.1, -0.05) is 0 Å². The first-order valence-electron chi connectivity index (χ1n) is 5.33. The maximum absolute atomic E-state index is 11.7. The van der Waals surface area contributed by atoms with Gasteiger partial charge in [-0.05, 0) is 13.8 Å². The molecule has 8 nitrogen and oxygen atoms in total. The second-order valence-electron chi connectivity index (χ2n) is 4.13. The quantitative estimate of drug-likeness (QED) is 0.540. The van der Waals surface area contributed by atoms with E-state index >= 15 is 0 Å². The summed E-state index contributed by atoms with van der Waals surface area (Å²) in [6, 6.07) is 0. The van der Waals surface area contributed by atoms with Crippen molar-refractivity contribution in [3.8, 4) is 0 Å². The van der Waals surface area contributed by atoms with Crippen molar-refractivity contribution < 1.29 is 28.6 Å². The fourth-order valence-corrected chi connectivity index (χ4v) is 1.41. The Labute approximate surface area is 109 Å². The average Bonchev–Trinajstić information content (AvgIpc) is 2.70. The molecule has 0 spiro atoms. The van der Waals surface area contributed by atoms with Crippen LogP contribution < -0.4 is 0 Å². The van der Waals surface area contributed by atoms with E-state index in [-0.39, 0.29) is 11.3 Å². The molecule has 0 N–H and O–H groups in total. The normalized spacial score (nSPS) is 16.2. The zero-order chi connectivity index (χ0) is 14.6. The minimum atomic E-state index is -0.979. The molecule has 0 amide bonds. The van der Waals surface area contributed by atoms with Crippen LogP contribution >= 0.6 is 0 Å². The molecule has 0 fully saturated rings. The molecule has 0 aliphatic carbocycles. The van der Waals surface area contributed by atoms with Crippen LogP contribution in [0, 0.1) is 0 Å². The number of carbonyl (C=O) groups excluding carboxylic acids is 3. The van der Waals surface area contributed by atoms with Crippen molar-refractivity contribution >= 4 is 17.9 Å². The van der Waals surface area contributed by atoms with Gasteiger partial charge < -0.3 is 14.2 Å². The van der Waals surface area contributed by atoms with Crippen molar-refractivity contribution in [2.75, 3.05) is 20.8 Å². The number of carbonyl (C=O) groups is 3. The molecule has 0 aromatic heterocycles. The number of ether oxygens (including phenoxy) is 3. The molecule has 1 heterocycles. The smallest absolute Gasteiger partial charge is 0.360 e. The average molecular weight is 270 g/mol. The third-order valence-electron chi connectivity index (χ3n) is 2.38. The van der Waals surface area contributed by atoms with Crippen LogP contribution in [0.1, 0.15) is 13.8 Å². The molecular formula is C11H14N2O6. The van der Waals surface area contributed by atoms with E-state index in [1.165, 1.54) is 7.11 Å². The molecule has 19 heavy (non-hydrogen) atoms. The maximum Gasteiger partial charge on any atom is 0.360 e. The van der Waals surface area contributed by atoms with Crippen molar-refractivity contribution in [1.29, 1.82) is 0 Å². The molecule has 1 aliphatic rings. The Morgan fingerprint density at radius 2 is 1.74 bits per heavy atom. The first-order valence-corrected chi connectivity index (χ1v) is 5.33. The Kier molecular flexibility index (Phi) is 4.36. The number of esters is 3. The van der Waals surface area contributed by atoms with Gasteiger partial charge in [0, 0.05) is 0 Å². The lowest BCUT2D eigenvalue weighted by Crippen LogP contribution is -2.27. The molecule has 104 valence electrons. The van der Waals surface area contributed by atoms with E-state index in [1.54, 1.807) is 13.8 Å². The Morgan fingerprint density at radius 3 is 2.26 bits per heavy atom. The fourth-order valence-electron chi connectivity index (χ4n) is 1.41. The maximum atomic E-state index is 11.7. The van der Waals surface area contributed by atoms with E-state index in [0.29, 0.717) is 0 Å². The Bertz CT molecular complexity index is 478. The second kappa shape index (κ2) is 5.59. The molecule has 0 bridgehead atoms. The van der Waals surface area contributed by atoms with Gasteiger partial charge in [-0.2, -0.15) is 5.11 Å². The summed E-state index contributed by atoms with van der Waals surface area (Å²) in [6.07, 6.45) is 0. The zero-order valence-electron chi connectivity index (χ0n) is 11.1. The highest BCUT2D eigenvalue weighted by molar-refractivity contribution is 6.02. The van der Waals surface area contributed by atoms with Crippen LogP contribution in [0.5, 0.6) is 0 Å². The molecule has 0 aromatic carbocycles. The molecule has 0 saturated heterocycles. The van der Waals surface area contributed by atoms with Crippen LogP contribution in [0.15, 0.2) is 21.5 Å². The van der Waals surface area contributed by atoms with Crippen molar-refractivity contribution in [2.45, 2.75) is 19.4 Å². The lowest BCUT2D eigenvalue weighted by Gasteiger charge is -2.15. The lowest BCUT2D eigenvalue weighted by atomic mass is 9.94. The fraction of sp³-hybridized carbons (Fsp3) is 0.545. The molecule has 1 rings (SSSR count). The Hall–Kier alpha value is -2.25. The summed E-state index contributed by atoms with van der Waals surface area (Å²) in [5, 5.41) is 7.42. The topological polar surface area (TPSA) is 104 Å². The van der Waals surface area contributed by atoms with E-state index in [2.05, 4.69) is 24.4 Å². The lowest BCUT2D eigenvalue weighted by molar-refractivity contribution is -0.154. The summed E-state index contributed by atoms with van der Waals surface area (Å²) in [6.45, 7) is 2.63. The highest BCUT2D eigenvalue weighted by Gasteiger charge is 2.40. The monoisotopic (exact) mass is 270 g/mol. The largest absolute Gasteiger partial charge is 0.466 e. The number of azo groups is 1. The Balaban J connectivity index is 2.95. The number of hydrogen-bond donors (Lipinski definition) is 0. The third-order valence-corrected chi connectivity index (χ3v) is 2.38. The number of nitrogens with zero attached hydrogens (tertiary/aromatic N) is 2. The van der Waals surface area contributed by atoms with Gasteiger partial charge in [-0.3, -0.25) is 0 Å². The number of hydrogen-bond acceptors (Lipinski definition) is 8. The van der Waals surface area contributed by atoms with Gasteiger partial charge in [-0.15, -0.1) is 5.11 Å². The first kappa shape index (κ1) is 14.8. The van der Waals surface area contributed by atoms with Gasteiger partial charge in [0.05, 0.1) is 14.2 Å². The summed E-state index contributed by atoms with van der Waals surface area (Å²) in [4.78, 5) is 34.2. The molecule has 0 radical (unpaired) electrons.